The molecule has 0 amide bonds. The van der Waals surface area contributed by atoms with Gasteiger partial charge in [-0.3, -0.25) is 0 Å². The Morgan fingerprint density at radius 2 is 1.93 bits per heavy atom. The van der Waals surface area contributed by atoms with E-state index >= 15 is 0 Å². The second-order valence-electron chi connectivity index (χ2n) is 3.37. The van der Waals surface area contributed by atoms with E-state index in [1.54, 1.807) is 0 Å². The number of rotatable bonds is 2. The van der Waals surface area contributed by atoms with E-state index in [0.29, 0.717) is 11.7 Å². The lowest BCUT2D eigenvalue weighted by Gasteiger charge is -2.00. The maximum Gasteiger partial charge on any atom is 0.180 e. The lowest BCUT2D eigenvalue weighted by Crippen LogP contribution is -1.95. The van der Waals surface area contributed by atoms with Gasteiger partial charge in [0.1, 0.15) is 0 Å². The molecule has 1 heterocycles. The summed E-state index contributed by atoms with van der Waals surface area (Å²) in [6.45, 7) is 2.54. The zero-order valence-corrected chi connectivity index (χ0v) is 9.34. The minimum atomic E-state index is 0.574. The molecule has 0 atom stereocenters. The summed E-state index contributed by atoms with van der Waals surface area (Å²) >= 11 is 1.52. The van der Waals surface area contributed by atoms with Gasteiger partial charge in [-0.25, -0.2) is 4.98 Å². The molecular formula is C11H13N3S. The number of nitrogen functional groups attached to an aromatic ring is 1. The van der Waals surface area contributed by atoms with Gasteiger partial charge in [0, 0.05) is 6.54 Å². The molecule has 0 unspecified atom stereocenters. The van der Waals surface area contributed by atoms with Gasteiger partial charge >= 0.3 is 0 Å². The van der Waals surface area contributed by atoms with Gasteiger partial charge in [0.25, 0.3) is 0 Å². The minimum Gasteiger partial charge on any atom is -0.375 e. The maximum atomic E-state index is 5.66. The van der Waals surface area contributed by atoms with Crippen LogP contribution in [0.2, 0.25) is 0 Å². The summed E-state index contributed by atoms with van der Waals surface area (Å²) in [5.41, 5.74) is 14.5. The third kappa shape index (κ3) is 2.00. The Morgan fingerprint density at radius 1 is 1.27 bits per heavy atom. The second-order valence-corrected chi connectivity index (χ2v) is 4.40. The number of anilines is 1. The number of nitrogens with zero attached hydrogens (tertiary/aromatic N) is 1. The first kappa shape index (κ1) is 10.1. The molecule has 78 valence electrons. The highest BCUT2D eigenvalue weighted by molar-refractivity contribution is 7.18. The van der Waals surface area contributed by atoms with E-state index in [1.165, 1.54) is 11.3 Å². The summed E-state index contributed by atoms with van der Waals surface area (Å²) in [6, 6.07) is 8.18. The summed E-state index contributed by atoms with van der Waals surface area (Å²) in [5.74, 6) is 0. The molecule has 1 aromatic heterocycles. The van der Waals surface area contributed by atoms with Gasteiger partial charge in [0.2, 0.25) is 0 Å². The number of hydrogen-bond acceptors (Lipinski definition) is 4. The van der Waals surface area contributed by atoms with E-state index in [-0.39, 0.29) is 0 Å². The van der Waals surface area contributed by atoms with Crippen molar-refractivity contribution in [2.24, 2.45) is 5.73 Å². The van der Waals surface area contributed by atoms with Gasteiger partial charge in [-0.2, -0.15) is 0 Å². The Bertz CT molecular complexity index is 459. The van der Waals surface area contributed by atoms with Crippen LogP contribution in [0.5, 0.6) is 0 Å². The van der Waals surface area contributed by atoms with Crippen molar-refractivity contribution < 1.29 is 0 Å². The van der Waals surface area contributed by atoms with Crippen LogP contribution in [0.4, 0.5) is 5.13 Å². The van der Waals surface area contributed by atoms with Gasteiger partial charge in [-0.15, -0.1) is 0 Å². The number of aromatic nitrogens is 1. The Balaban J connectivity index is 2.41. The first-order chi connectivity index (χ1) is 7.20. The highest BCUT2D eigenvalue weighted by Crippen LogP contribution is 2.31. The fourth-order valence-electron chi connectivity index (χ4n) is 1.48. The molecule has 0 spiro atoms. The van der Waals surface area contributed by atoms with Crippen molar-refractivity contribution in [3.8, 4) is 10.4 Å². The minimum absolute atomic E-state index is 0.574. The van der Waals surface area contributed by atoms with Gasteiger partial charge in [0.15, 0.2) is 5.13 Å². The highest BCUT2D eigenvalue weighted by Gasteiger charge is 2.07. The van der Waals surface area contributed by atoms with Gasteiger partial charge < -0.3 is 11.5 Å². The van der Waals surface area contributed by atoms with Gasteiger partial charge in [0.05, 0.1) is 10.6 Å². The number of thiazole rings is 1. The van der Waals surface area contributed by atoms with Crippen molar-refractivity contribution in [2.75, 3.05) is 5.73 Å². The monoisotopic (exact) mass is 219 g/mol. The summed E-state index contributed by atoms with van der Waals surface area (Å²) < 4.78 is 0. The first-order valence-corrected chi connectivity index (χ1v) is 5.54. The van der Waals surface area contributed by atoms with Crippen molar-refractivity contribution in [3.05, 3.63) is 35.5 Å². The van der Waals surface area contributed by atoms with E-state index in [9.17, 15) is 0 Å². The van der Waals surface area contributed by atoms with Gasteiger partial charge in [-0.05, 0) is 18.1 Å². The van der Waals surface area contributed by atoms with E-state index in [0.717, 1.165) is 21.7 Å². The molecule has 0 saturated heterocycles. The first-order valence-electron chi connectivity index (χ1n) is 4.73. The van der Waals surface area contributed by atoms with Crippen LogP contribution in [-0.4, -0.2) is 4.98 Å². The maximum absolute atomic E-state index is 5.66. The largest absolute Gasteiger partial charge is 0.375 e. The quantitative estimate of drug-likeness (QED) is 0.813. The third-order valence-electron chi connectivity index (χ3n) is 2.26. The van der Waals surface area contributed by atoms with Crippen LogP contribution in [-0.2, 0) is 6.54 Å². The fourth-order valence-corrected chi connectivity index (χ4v) is 2.32. The van der Waals surface area contributed by atoms with Crippen LogP contribution < -0.4 is 11.5 Å². The van der Waals surface area contributed by atoms with Crippen molar-refractivity contribution in [2.45, 2.75) is 13.5 Å². The smallest absolute Gasteiger partial charge is 0.180 e. The average Bonchev–Trinajstić information content (AvgIpc) is 2.58. The van der Waals surface area contributed by atoms with E-state index in [2.05, 4.69) is 17.1 Å². The van der Waals surface area contributed by atoms with Crippen LogP contribution >= 0.6 is 11.3 Å². The summed E-state index contributed by atoms with van der Waals surface area (Å²) in [6.07, 6.45) is 0. The predicted octanol–water partition coefficient (Wildman–Crippen LogP) is 2.16. The molecule has 0 fully saturated rings. The molecule has 4 heteroatoms. The summed E-state index contributed by atoms with van der Waals surface area (Å²) in [4.78, 5) is 5.34. The fraction of sp³-hybridized carbons (Fsp3) is 0.182. The molecule has 0 aliphatic carbocycles. The van der Waals surface area contributed by atoms with Crippen LogP contribution in [0, 0.1) is 6.92 Å². The SMILES string of the molecule is Cc1nc(N)sc1-c1ccc(CN)cc1. The normalized spacial score (nSPS) is 10.5. The van der Waals surface area contributed by atoms with Gasteiger partial charge in [-0.1, -0.05) is 35.6 Å². The molecule has 3 nitrogen and oxygen atoms in total. The predicted molar refractivity (Wildman–Crippen MR) is 64.6 cm³/mol. The Hall–Kier alpha value is -1.39. The molecule has 1 aromatic carbocycles. The highest BCUT2D eigenvalue weighted by atomic mass is 32.1. The average molecular weight is 219 g/mol. The van der Waals surface area contributed by atoms with Crippen molar-refractivity contribution in [1.82, 2.24) is 4.98 Å². The number of aryl methyl sites for hydroxylation is 1. The standard InChI is InChI=1S/C11H13N3S/c1-7-10(15-11(13)14-7)9-4-2-8(6-12)3-5-9/h2-5H,6,12H2,1H3,(H2,13,14). The van der Waals surface area contributed by atoms with Crippen molar-refractivity contribution >= 4 is 16.5 Å². The zero-order valence-electron chi connectivity index (χ0n) is 8.53. The molecule has 0 aliphatic rings. The topological polar surface area (TPSA) is 64.9 Å². The van der Waals surface area contributed by atoms with Crippen LogP contribution in [0.15, 0.2) is 24.3 Å². The van der Waals surface area contributed by atoms with Crippen LogP contribution in [0.1, 0.15) is 11.3 Å². The van der Waals surface area contributed by atoms with E-state index in [1.807, 2.05) is 19.1 Å². The third-order valence-corrected chi connectivity index (χ3v) is 3.30. The molecule has 15 heavy (non-hydrogen) atoms. The Kier molecular flexibility index (Phi) is 2.70. The van der Waals surface area contributed by atoms with E-state index < -0.39 is 0 Å². The number of hydrogen-bond donors (Lipinski definition) is 2. The van der Waals surface area contributed by atoms with E-state index in [4.69, 9.17) is 11.5 Å². The number of benzene rings is 1. The zero-order chi connectivity index (χ0) is 10.8. The molecule has 0 bridgehead atoms. The Labute approximate surface area is 92.8 Å². The lowest BCUT2D eigenvalue weighted by molar-refractivity contribution is 1.07. The molecular weight excluding hydrogens is 206 g/mol. The van der Waals surface area contributed by atoms with Crippen LogP contribution in [0.3, 0.4) is 0 Å². The molecule has 0 radical (unpaired) electrons. The molecule has 2 rings (SSSR count). The van der Waals surface area contributed by atoms with Crippen molar-refractivity contribution in [3.63, 3.8) is 0 Å². The second kappa shape index (κ2) is 4.00. The molecule has 0 saturated carbocycles. The molecule has 2 aromatic rings. The van der Waals surface area contributed by atoms with Crippen LogP contribution in [0.25, 0.3) is 10.4 Å². The molecule has 4 N–H and O–H groups in total. The summed E-state index contributed by atoms with van der Waals surface area (Å²) in [7, 11) is 0. The lowest BCUT2D eigenvalue weighted by atomic mass is 10.1. The molecule has 0 aliphatic heterocycles. The Morgan fingerprint density at radius 3 is 2.40 bits per heavy atom. The van der Waals surface area contributed by atoms with Crippen molar-refractivity contribution in [1.29, 1.82) is 0 Å². The summed E-state index contributed by atoms with van der Waals surface area (Å²) in [5, 5.41) is 0.616. The number of nitrogens with two attached hydrogens (primary N) is 2.